The maximum absolute atomic E-state index is 11.0. The molecule has 0 aliphatic carbocycles. The number of aryl methyl sites for hydroxylation is 1. The largest absolute Gasteiger partial charge is 0.469 e. The summed E-state index contributed by atoms with van der Waals surface area (Å²) < 4.78 is 4.63. The minimum absolute atomic E-state index is 0.0818. The molecule has 1 rings (SSSR count). The van der Waals surface area contributed by atoms with Gasteiger partial charge in [0.25, 0.3) is 0 Å². The van der Waals surface area contributed by atoms with E-state index in [0.29, 0.717) is 6.42 Å². The van der Waals surface area contributed by atoms with Crippen molar-refractivity contribution in [3.63, 3.8) is 0 Å². The Balaban J connectivity index is 1.81. The van der Waals surface area contributed by atoms with Crippen molar-refractivity contribution in [1.29, 1.82) is 0 Å². The minimum Gasteiger partial charge on any atom is -0.469 e. The molecule has 2 heteroatoms. The highest BCUT2D eigenvalue weighted by Crippen LogP contribution is 2.10. The fourth-order valence-electron chi connectivity index (χ4n) is 2.81. The average Bonchev–Trinajstić information content (AvgIpc) is 2.62. The molecule has 0 spiro atoms. The molecule has 0 fully saturated rings. The molecule has 0 unspecified atom stereocenters. The van der Waals surface area contributed by atoms with E-state index in [-0.39, 0.29) is 5.97 Å². The first kappa shape index (κ1) is 20.5. The number of hydrogen-bond donors (Lipinski definition) is 0. The monoisotopic (exact) mass is 330 g/mol. The lowest BCUT2D eigenvalue weighted by Gasteiger charge is -2.01. The van der Waals surface area contributed by atoms with Crippen LogP contribution in [0.3, 0.4) is 0 Å². The lowest BCUT2D eigenvalue weighted by atomic mass is 10.1. The van der Waals surface area contributed by atoms with Gasteiger partial charge < -0.3 is 4.74 Å². The van der Waals surface area contributed by atoms with E-state index in [0.717, 1.165) is 12.8 Å². The molecule has 0 saturated heterocycles. The van der Waals surface area contributed by atoms with Crippen LogP contribution in [0.1, 0.15) is 76.2 Å². The molecule has 134 valence electrons. The van der Waals surface area contributed by atoms with Crippen LogP contribution in [0.15, 0.2) is 42.5 Å². The smallest absolute Gasteiger partial charge is 0.305 e. The zero-order valence-corrected chi connectivity index (χ0v) is 15.3. The van der Waals surface area contributed by atoms with E-state index in [4.69, 9.17) is 0 Å². The summed E-state index contributed by atoms with van der Waals surface area (Å²) in [5.41, 5.74) is 1.46. The second kappa shape index (κ2) is 15.0. The van der Waals surface area contributed by atoms with Crippen LogP contribution in [0.2, 0.25) is 0 Å². The highest BCUT2D eigenvalue weighted by molar-refractivity contribution is 5.68. The number of methoxy groups -OCH3 is 1. The Hall–Kier alpha value is -1.57. The molecular formula is C22H34O2. The van der Waals surface area contributed by atoms with E-state index in [1.807, 2.05) is 0 Å². The van der Waals surface area contributed by atoms with Crippen molar-refractivity contribution >= 4 is 5.97 Å². The normalized spacial score (nSPS) is 11.0. The number of carbonyl (C=O) groups excluding carboxylic acids is 1. The molecule has 0 N–H and O–H groups in total. The molecule has 0 aliphatic heterocycles. The van der Waals surface area contributed by atoms with Gasteiger partial charge in [0.1, 0.15) is 0 Å². The van der Waals surface area contributed by atoms with Gasteiger partial charge in [0.15, 0.2) is 0 Å². The molecule has 24 heavy (non-hydrogen) atoms. The van der Waals surface area contributed by atoms with Crippen LogP contribution in [0.25, 0.3) is 0 Å². The number of benzene rings is 1. The standard InChI is InChI=1S/C22H34O2/c1-24-22(23)20-16-11-9-7-5-3-2-4-6-8-10-13-17-21-18-14-12-15-19-21/h2,4,12,14-15,18-19H,3,5-11,13,16-17,20H2,1H3/b4-2+. The third-order valence-corrected chi connectivity index (χ3v) is 4.33. The average molecular weight is 331 g/mol. The van der Waals surface area contributed by atoms with Gasteiger partial charge in [0, 0.05) is 6.42 Å². The molecular weight excluding hydrogens is 296 g/mol. The van der Waals surface area contributed by atoms with E-state index >= 15 is 0 Å². The maximum atomic E-state index is 11.0. The number of ether oxygens (including phenoxy) is 1. The Bertz CT molecular complexity index is 437. The molecule has 0 atom stereocenters. The molecule has 0 aromatic heterocycles. The number of hydrogen-bond acceptors (Lipinski definition) is 2. The van der Waals surface area contributed by atoms with Crippen LogP contribution in [-0.2, 0) is 16.0 Å². The third-order valence-electron chi connectivity index (χ3n) is 4.33. The van der Waals surface area contributed by atoms with E-state index in [9.17, 15) is 4.79 Å². The van der Waals surface area contributed by atoms with Crippen LogP contribution >= 0.6 is 0 Å². The van der Waals surface area contributed by atoms with Crippen molar-refractivity contribution in [1.82, 2.24) is 0 Å². The zero-order chi connectivity index (χ0) is 17.3. The summed E-state index contributed by atoms with van der Waals surface area (Å²) in [6, 6.07) is 10.8. The summed E-state index contributed by atoms with van der Waals surface area (Å²) in [6.07, 6.45) is 18.7. The zero-order valence-electron chi connectivity index (χ0n) is 15.3. The van der Waals surface area contributed by atoms with Crippen molar-refractivity contribution in [3.8, 4) is 0 Å². The molecule has 0 saturated carbocycles. The second-order valence-corrected chi connectivity index (χ2v) is 6.44. The van der Waals surface area contributed by atoms with Crippen molar-refractivity contribution in [2.45, 2.75) is 77.0 Å². The van der Waals surface area contributed by atoms with Crippen LogP contribution in [0.5, 0.6) is 0 Å². The quantitative estimate of drug-likeness (QED) is 0.229. The SMILES string of the molecule is COC(=O)CCCCCCC/C=C/CCCCCc1ccccc1. The van der Waals surface area contributed by atoms with Gasteiger partial charge in [-0.25, -0.2) is 0 Å². The molecule has 0 heterocycles. The summed E-state index contributed by atoms with van der Waals surface area (Å²) in [7, 11) is 1.46. The molecule has 1 aromatic carbocycles. The van der Waals surface area contributed by atoms with Gasteiger partial charge in [-0.15, -0.1) is 0 Å². The summed E-state index contributed by atoms with van der Waals surface area (Å²) in [6.45, 7) is 0. The Morgan fingerprint density at radius 1 is 0.833 bits per heavy atom. The molecule has 1 aromatic rings. The van der Waals surface area contributed by atoms with E-state index in [1.165, 1.54) is 70.5 Å². The number of rotatable bonds is 14. The number of carbonyl (C=O) groups is 1. The maximum Gasteiger partial charge on any atom is 0.305 e. The van der Waals surface area contributed by atoms with Gasteiger partial charge in [0.2, 0.25) is 0 Å². The van der Waals surface area contributed by atoms with Crippen LogP contribution in [-0.4, -0.2) is 13.1 Å². The van der Waals surface area contributed by atoms with Gasteiger partial charge in [-0.3, -0.25) is 4.79 Å². The number of esters is 1. The van der Waals surface area contributed by atoms with Crippen LogP contribution in [0, 0.1) is 0 Å². The lowest BCUT2D eigenvalue weighted by Crippen LogP contribution is -1.98. The van der Waals surface area contributed by atoms with Gasteiger partial charge >= 0.3 is 5.97 Å². The highest BCUT2D eigenvalue weighted by atomic mass is 16.5. The molecule has 0 amide bonds. The molecule has 2 nitrogen and oxygen atoms in total. The van der Waals surface area contributed by atoms with E-state index in [2.05, 4.69) is 47.2 Å². The number of unbranched alkanes of at least 4 members (excludes halogenated alkanes) is 8. The Morgan fingerprint density at radius 3 is 2.08 bits per heavy atom. The second-order valence-electron chi connectivity index (χ2n) is 6.44. The summed E-state index contributed by atoms with van der Waals surface area (Å²) in [5.74, 6) is -0.0818. The van der Waals surface area contributed by atoms with E-state index in [1.54, 1.807) is 0 Å². The van der Waals surface area contributed by atoms with Crippen LogP contribution < -0.4 is 0 Å². The van der Waals surface area contributed by atoms with Crippen molar-refractivity contribution in [2.24, 2.45) is 0 Å². The number of allylic oxidation sites excluding steroid dienone is 2. The molecule has 0 bridgehead atoms. The van der Waals surface area contributed by atoms with Crippen LogP contribution in [0.4, 0.5) is 0 Å². The van der Waals surface area contributed by atoms with Crippen molar-refractivity contribution < 1.29 is 9.53 Å². The Morgan fingerprint density at radius 2 is 1.42 bits per heavy atom. The predicted octanol–water partition coefficient (Wildman–Crippen LogP) is 6.25. The van der Waals surface area contributed by atoms with Crippen molar-refractivity contribution in [3.05, 3.63) is 48.0 Å². The predicted molar refractivity (Wildman–Crippen MR) is 102 cm³/mol. The molecule has 0 radical (unpaired) electrons. The Kier molecular flexibility index (Phi) is 12.8. The first-order chi connectivity index (χ1) is 11.8. The third kappa shape index (κ3) is 11.9. The highest BCUT2D eigenvalue weighted by Gasteiger charge is 1.98. The summed E-state index contributed by atoms with van der Waals surface area (Å²) >= 11 is 0. The van der Waals surface area contributed by atoms with Gasteiger partial charge in [0.05, 0.1) is 7.11 Å². The fraction of sp³-hybridized carbons (Fsp3) is 0.591. The first-order valence-corrected chi connectivity index (χ1v) is 9.58. The molecule has 0 aliphatic rings. The summed E-state index contributed by atoms with van der Waals surface area (Å²) in [5, 5.41) is 0. The lowest BCUT2D eigenvalue weighted by molar-refractivity contribution is -0.140. The topological polar surface area (TPSA) is 26.3 Å². The minimum atomic E-state index is -0.0818. The van der Waals surface area contributed by atoms with E-state index < -0.39 is 0 Å². The van der Waals surface area contributed by atoms with Gasteiger partial charge in [-0.1, -0.05) is 68.2 Å². The van der Waals surface area contributed by atoms with Crippen molar-refractivity contribution in [2.75, 3.05) is 7.11 Å². The van der Waals surface area contributed by atoms with Gasteiger partial charge in [-0.05, 0) is 50.5 Å². The first-order valence-electron chi connectivity index (χ1n) is 9.58. The van der Waals surface area contributed by atoms with Gasteiger partial charge in [-0.2, -0.15) is 0 Å². The summed E-state index contributed by atoms with van der Waals surface area (Å²) in [4.78, 5) is 11.0. The Labute approximate surface area is 148 Å². The fourth-order valence-corrected chi connectivity index (χ4v) is 2.81.